The number of aromatic nitrogens is 3. The zero-order chi connectivity index (χ0) is 26.2. The van der Waals surface area contributed by atoms with Gasteiger partial charge in [0.2, 0.25) is 0 Å². The second-order valence-electron chi connectivity index (χ2n) is 8.77. The van der Waals surface area contributed by atoms with Crippen LogP contribution in [0.3, 0.4) is 0 Å². The normalized spacial score (nSPS) is 11.9. The van der Waals surface area contributed by atoms with Crippen molar-refractivity contribution in [2.24, 2.45) is 5.10 Å². The second kappa shape index (κ2) is 11.9. The Balaban J connectivity index is 1.41. The van der Waals surface area contributed by atoms with Crippen LogP contribution in [0.4, 0.5) is 4.79 Å². The Morgan fingerprint density at radius 3 is 2.57 bits per heavy atom. The van der Waals surface area contributed by atoms with Crippen molar-refractivity contribution in [3.63, 3.8) is 0 Å². The Bertz CT molecular complexity index is 1360. The van der Waals surface area contributed by atoms with Crippen molar-refractivity contribution in [1.29, 1.82) is 0 Å². The number of aryl methyl sites for hydroxylation is 2. The molecule has 0 aliphatic rings. The molecule has 190 valence electrons. The molecule has 0 radical (unpaired) electrons. The SMILES string of the molecule is Cc1ccc(-n2c(C)cc(/C=N\NC(=O)[C@H](Cc3cnc[nH]3)NC(=O)OCc3ccccc3)c2C)cc1. The molecule has 4 rings (SSSR count). The van der Waals surface area contributed by atoms with E-state index in [0.29, 0.717) is 5.69 Å². The number of rotatable bonds is 9. The Morgan fingerprint density at radius 1 is 1.11 bits per heavy atom. The van der Waals surface area contributed by atoms with Gasteiger partial charge in [0.25, 0.3) is 5.91 Å². The van der Waals surface area contributed by atoms with Crippen molar-refractivity contribution in [3.8, 4) is 5.69 Å². The van der Waals surface area contributed by atoms with E-state index in [4.69, 9.17) is 4.74 Å². The maximum atomic E-state index is 12.9. The third-order valence-electron chi connectivity index (χ3n) is 5.94. The van der Waals surface area contributed by atoms with E-state index in [9.17, 15) is 9.59 Å². The first-order chi connectivity index (χ1) is 17.9. The number of hydrogen-bond acceptors (Lipinski definition) is 5. The van der Waals surface area contributed by atoms with Gasteiger partial charge < -0.3 is 19.6 Å². The van der Waals surface area contributed by atoms with Gasteiger partial charge >= 0.3 is 6.09 Å². The van der Waals surface area contributed by atoms with E-state index < -0.39 is 18.0 Å². The molecule has 0 spiro atoms. The first-order valence-corrected chi connectivity index (χ1v) is 11.9. The number of ether oxygens (including phenoxy) is 1. The lowest BCUT2D eigenvalue weighted by atomic mass is 10.1. The number of carbonyl (C=O) groups excluding carboxylic acids is 2. The van der Waals surface area contributed by atoms with Crippen molar-refractivity contribution in [2.45, 2.75) is 39.8 Å². The minimum absolute atomic E-state index is 0.0970. The van der Waals surface area contributed by atoms with Crippen LogP contribution in [0.15, 0.2) is 78.3 Å². The molecule has 0 fully saturated rings. The molecule has 0 unspecified atom stereocenters. The molecule has 2 aromatic carbocycles. The predicted octanol–water partition coefficient (Wildman–Crippen LogP) is 4.11. The highest BCUT2D eigenvalue weighted by molar-refractivity contribution is 5.88. The largest absolute Gasteiger partial charge is 0.445 e. The molecule has 0 aliphatic heterocycles. The number of carbonyl (C=O) groups is 2. The molecule has 9 nitrogen and oxygen atoms in total. The second-order valence-corrected chi connectivity index (χ2v) is 8.77. The first-order valence-electron chi connectivity index (χ1n) is 11.9. The van der Waals surface area contributed by atoms with Gasteiger partial charge in [0.1, 0.15) is 12.6 Å². The van der Waals surface area contributed by atoms with Crippen molar-refractivity contribution >= 4 is 18.2 Å². The summed E-state index contributed by atoms with van der Waals surface area (Å²) in [7, 11) is 0. The standard InChI is InChI=1S/C28H30N6O3/c1-19-9-11-25(12-10-19)34-20(2)13-23(21(34)3)15-31-33-27(35)26(14-24-16-29-18-30-24)32-28(36)37-17-22-7-5-4-6-8-22/h4-13,15-16,18,26H,14,17H2,1-3H3,(H,29,30)(H,32,36)(H,33,35)/b31-15-/t26-/m0/s1. The molecule has 0 bridgehead atoms. The van der Waals surface area contributed by atoms with Crippen molar-refractivity contribution in [3.05, 3.63) is 107 Å². The monoisotopic (exact) mass is 498 g/mol. The topological polar surface area (TPSA) is 113 Å². The predicted molar refractivity (Wildman–Crippen MR) is 142 cm³/mol. The molecule has 2 amide bonds. The van der Waals surface area contributed by atoms with E-state index in [2.05, 4.69) is 61.6 Å². The van der Waals surface area contributed by atoms with Crippen LogP contribution in [-0.4, -0.2) is 38.8 Å². The zero-order valence-corrected chi connectivity index (χ0v) is 21.1. The number of benzene rings is 2. The molecule has 1 atom stereocenters. The number of nitrogens with one attached hydrogen (secondary N) is 3. The van der Waals surface area contributed by atoms with Gasteiger partial charge in [0, 0.05) is 41.0 Å². The van der Waals surface area contributed by atoms with Gasteiger partial charge in [0.05, 0.1) is 12.5 Å². The summed E-state index contributed by atoms with van der Waals surface area (Å²) in [5, 5.41) is 6.79. The van der Waals surface area contributed by atoms with Crippen LogP contribution in [0, 0.1) is 20.8 Å². The smallest absolute Gasteiger partial charge is 0.408 e. The number of aromatic amines is 1. The van der Waals surface area contributed by atoms with Gasteiger partial charge in [-0.3, -0.25) is 4.79 Å². The van der Waals surface area contributed by atoms with E-state index in [1.54, 1.807) is 12.4 Å². The molecule has 0 aliphatic carbocycles. The summed E-state index contributed by atoms with van der Waals surface area (Å²) >= 11 is 0. The first kappa shape index (κ1) is 25.4. The molecule has 0 saturated carbocycles. The molecular weight excluding hydrogens is 468 g/mol. The maximum Gasteiger partial charge on any atom is 0.408 e. The van der Waals surface area contributed by atoms with E-state index in [1.807, 2.05) is 50.2 Å². The lowest BCUT2D eigenvalue weighted by molar-refractivity contribution is -0.123. The van der Waals surface area contributed by atoms with E-state index >= 15 is 0 Å². The number of alkyl carbamates (subject to hydrolysis) is 1. The molecule has 0 saturated heterocycles. The van der Waals surface area contributed by atoms with Gasteiger partial charge in [-0.15, -0.1) is 0 Å². The molecule has 2 heterocycles. The minimum Gasteiger partial charge on any atom is -0.445 e. The fourth-order valence-electron chi connectivity index (χ4n) is 3.99. The lowest BCUT2D eigenvalue weighted by Gasteiger charge is -2.16. The summed E-state index contributed by atoms with van der Waals surface area (Å²) in [5.74, 6) is -0.477. The van der Waals surface area contributed by atoms with Crippen LogP contribution in [0.1, 0.15) is 33.8 Å². The summed E-state index contributed by atoms with van der Waals surface area (Å²) in [6.07, 6.45) is 4.21. The van der Waals surface area contributed by atoms with Gasteiger partial charge in [-0.1, -0.05) is 48.0 Å². The van der Waals surface area contributed by atoms with Crippen LogP contribution in [0.25, 0.3) is 5.69 Å². The van der Waals surface area contributed by atoms with E-state index in [-0.39, 0.29) is 13.0 Å². The number of hydrogen-bond donors (Lipinski definition) is 3. The van der Waals surface area contributed by atoms with E-state index in [1.165, 1.54) is 11.9 Å². The van der Waals surface area contributed by atoms with Crippen molar-refractivity contribution < 1.29 is 14.3 Å². The van der Waals surface area contributed by atoms with Crippen LogP contribution >= 0.6 is 0 Å². The number of imidazole rings is 1. The Labute approximate surface area is 215 Å². The Kier molecular flexibility index (Phi) is 8.15. The highest BCUT2D eigenvalue weighted by Gasteiger charge is 2.22. The van der Waals surface area contributed by atoms with Crippen molar-refractivity contribution in [1.82, 2.24) is 25.3 Å². The van der Waals surface area contributed by atoms with E-state index in [0.717, 1.165) is 28.2 Å². The average molecular weight is 499 g/mol. The third kappa shape index (κ3) is 6.72. The van der Waals surface area contributed by atoms with Gasteiger partial charge in [-0.25, -0.2) is 15.2 Å². The lowest BCUT2D eigenvalue weighted by Crippen LogP contribution is -2.47. The Hall–Kier alpha value is -4.66. The number of nitrogens with zero attached hydrogens (tertiary/aromatic N) is 3. The zero-order valence-electron chi connectivity index (χ0n) is 21.1. The van der Waals surface area contributed by atoms with Gasteiger partial charge in [-0.05, 0) is 44.5 Å². The quantitative estimate of drug-likeness (QED) is 0.238. The number of hydrazone groups is 1. The number of H-pyrrole nitrogens is 1. The van der Waals surface area contributed by atoms with Crippen LogP contribution in [-0.2, 0) is 22.6 Å². The molecule has 4 aromatic rings. The van der Waals surface area contributed by atoms with Crippen LogP contribution < -0.4 is 10.7 Å². The summed E-state index contributed by atoms with van der Waals surface area (Å²) < 4.78 is 7.42. The molecule has 3 N–H and O–H groups in total. The van der Waals surface area contributed by atoms with Crippen LogP contribution in [0.2, 0.25) is 0 Å². The molecule has 2 aromatic heterocycles. The molecule has 37 heavy (non-hydrogen) atoms. The van der Waals surface area contributed by atoms with Crippen molar-refractivity contribution in [2.75, 3.05) is 0 Å². The molecular formula is C28H30N6O3. The van der Waals surface area contributed by atoms with Crippen LogP contribution in [0.5, 0.6) is 0 Å². The van der Waals surface area contributed by atoms with Gasteiger partial charge in [-0.2, -0.15) is 5.10 Å². The summed E-state index contributed by atoms with van der Waals surface area (Å²) in [5.41, 5.74) is 9.25. The summed E-state index contributed by atoms with van der Waals surface area (Å²) in [6.45, 7) is 6.17. The highest BCUT2D eigenvalue weighted by Crippen LogP contribution is 2.20. The fourth-order valence-corrected chi connectivity index (χ4v) is 3.99. The summed E-state index contributed by atoms with van der Waals surface area (Å²) in [6, 6.07) is 18.7. The molecule has 9 heteroatoms. The average Bonchev–Trinajstić information content (AvgIpc) is 3.51. The van der Waals surface area contributed by atoms with Gasteiger partial charge in [0.15, 0.2) is 0 Å². The third-order valence-corrected chi connectivity index (χ3v) is 5.94. The minimum atomic E-state index is -0.916. The maximum absolute atomic E-state index is 12.9. The highest BCUT2D eigenvalue weighted by atomic mass is 16.5. The number of amides is 2. The fraction of sp³-hybridized carbons (Fsp3) is 0.214. The Morgan fingerprint density at radius 2 is 1.86 bits per heavy atom. The summed E-state index contributed by atoms with van der Waals surface area (Å²) in [4.78, 5) is 32.3.